The van der Waals surface area contributed by atoms with Gasteiger partial charge in [-0.15, -0.1) is 0 Å². The van der Waals surface area contributed by atoms with Crippen LogP contribution in [0.1, 0.15) is 17.3 Å². The molecule has 0 aliphatic heterocycles. The molecule has 0 N–H and O–H groups in total. The van der Waals surface area contributed by atoms with Gasteiger partial charge in [-0.1, -0.05) is 17.7 Å². The molecule has 1 rings (SSSR count). The van der Waals surface area contributed by atoms with Crippen LogP contribution in [0.5, 0.6) is 5.75 Å². The molecule has 70 valence electrons. The second-order valence-electron chi connectivity index (χ2n) is 2.37. The lowest BCUT2D eigenvalue weighted by Gasteiger charge is -2.08. The van der Waals surface area contributed by atoms with E-state index in [-0.39, 0.29) is 5.56 Å². The first-order chi connectivity index (χ1) is 6.15. The van der Waals surface area contributed by atoms with Gasteiger partial charge in [0.25, 0.3) is 0 Å². The molecule has 0 aromatic heterocycles. The average Bonchev–Trinajstić information content (AvgIpc) is 2.08. The minimum absolute atomic E-state index is 0.0628. The molecule has 0 atom stereocenters. The lowest BCUT2D eigenvalue weighted by atomic mass is 10.2. The van der Waals surface area contributed by atoms with Crippen LogP contribution in [0.2, 0.25) is 5.02 Å². The van der Waals surface area contributed by atoms with E-state index in [9.17, 15) is 9.90 Å². The first-order valence-corrected chi connectivity index (χ1v) is 4.16. The summed E-state index contributed by atoms with van der Waals surface area (Å²) in [6, 6.07) is 4.19. The Morgan fingerprint density at radius 1 is 1.62 bits per heavy atom. The highest BCUT2D eigenvalue weighted by atomic mass is 35.5. The molecule has 0 aliphatic rings. The fraction of sp³-hybridized carbons (Fsp3) is 0.222. The molecule has 0 heterocycles. The molecule has 1 aromatic rings. The van der Waals surface area contributed by atoms with Crippen LogP contribution < -0.4 is 9.84 Å². The van der Waals surface area contributed by atoms with Crippen LogP contribution in [0.4, 0.5) is 0 Å². The topological polar surface area (TPSA) is 49.4 Å². The highest BCUT2D eigenvalue weighted by molar-refractivity contribution is 6.32. The molecule has 3 nitrogen and oxygen atoms in total. The molecule has 0 unspecified atom stereocenters. The summed E-state index contributed by atoms with van der Waals surface area (Å²) < 4.78 is 5.10. The monoisotopic (exact) mass is 199 g/mol. The number of carbonyl (C=O) groups is 1. The normalized spacial score (nSPS) is 9.69. The first-order valence-electron chi connectivity index (χ1n) is 3.79. The van der Waals surface area contributed by atoms with Crippen LogP contribution in [-0.2, 0) is 0 Å². The minimum Gasteiger partial charge on any atom is -0.545 e. The SMILES string of the molecule is CCOc1cc(C(=O)[O-])ccc1Cl. The summed E-state index contributed by atoms with van der Waals surface area (Å²) in [6.45, 7) is 2.23. The Morgan fingerprint density at radius 3 is 2.85 bits per heavy atom. The van der Waals surface area contributed by atoms with E-state index >= 15 is 0 Å². The average molecular weight is 200 g/mol. The summed E-state index contributed by atoms with van der Waals surface area (Å²) in [6.07, 6.45) is 0. The fourth-order valence-corrected chi connectivity index (χ4v) is 1.07. The van der Waals surface area contributed by atoms with Crippen molar-refractivity contribution >= 4 is 17.6 Å². The van der Waals surface area contributed by atoms with Crippen LogP contribution in [0.25, 0.3) is 0 Å². The van der Waals surface area contributed by atoms with Gasteiger partial charge in [-0.2, -0.15) is 0 Å². The third-order valence-electron chi connectivity index (χ3n) is 1.47. The molecule has 0 amide bonds. The molecule has 0 spiro atoms. The number of halogens is 1. The Kier molecular flexibility index (Phi) is 3.14. The minimum atomic E-state index is -1.24. The number of aromatic carboxylic acids is 1. The summed E-state index contributed by atoms with van der Waals surface area (Å²) in [5, 5.41) is 10.9. The van der Waals surface area contributed by atoms with Crippen molar-refractivity contribution in [3.05, 3.63) is 28.8 Å². The molecule has 0 saturated carbocycles. The first kappa shape index (κ1) is 9.86. The molecule has 1 aromatic carbocycles. The number of benzene rings is 1. The van der Waals surface area contributed by atoms with Gasteiger partial charge in [-0.25, -0.2) is 0 Å². The number of carbonyl (C=O) groups excluding carboxylic acids is 1. The Morgan fingerprint density at radius 2 is 2.31 bits per heavy atom. The fourth-order valence-electron chi connectivity index (χ4n) is 0.896. The smallest absolute Gasteiger partial charge is 0.138 e. The predicted octanol–water partition coefficient (Wildman–Crippen LogP) is 1.10. The van der Waals surface area contributed by atoms with E-state index in [0.717, 1.165) is 0 Å². The summed E-state index contributed by atoms with van der Waals surface area (Å²) >= 11 is 5.74. The summed E-state index contributed by atoms with van der Waals surface area (Å²) in [7, 11) is 0. The van der Waals surface area contributed by atoms with Crippen molar-refractivity contribution in [2.75, 3.05) is 6.61 Å². The van der Waals surface area contributed by atoms with Crippen molar-refractivity contribution in [2.24, 2.45) is 0 Å². The van der Waals surface area contributed by atoms with Crippen molar-refractivity contribution in [3.8, 4) is 5.75 Å². The van der Waals surface area contributed by atoms with Crippen LogP contribution >= 0.6 is 11.6 Å². The Hall–Kier alpha value is -1.22. The van der Waals surface area contributed by atoms with Gasteiger partial charge in [0.15, 0.2) is 0 Å². The van der Waals surface area contributed by atoms with Crippen molar-refractivity contribution in [2.45, 2.75) is 6.92 Å². The van der Waals surface area contributed by atoms with E-state index in [1.165, 1.54) is 18.2 Å². The Labute approximate surface area is 80.9 Å². The zero-order valence-corrected chi connectivity index (χ0v) is 7.80. The van der Waals surface area contributed by atoms with Crippen LogP contribution in [-0.4, -0.2) is 12.6 Å². The van der Waals surface area contributed by atoms with Crippen molar-refractivity contribution in [1.29, 1.82) is 0 Å². The zero-order valence-electron chi connectivity index (χ0n) is 7.04. The largest absolute Gasteiger partial charge is 0.545 e. The van der Waals surface area contributed by atoms with Crippen molar-refractivity contribution < 1.29 is 14.6 Å². The molecular formula is C9H8ClO3-. The molecule has 0 aliphatic carbocycles. The zero-order chi connectivity index (χ0) is 9.84. The van der Waals surface area contributed by atoms with Crippen LogP contribution in [0.3, 0.4) is 0 Å². The molecule has 0 fully saturated rings. The number of carboxylic acid groups (broad SMARTS) is 1. The second kappa shape index (κ2) is 4.14. The van der Waals surface area contributed by atoms with Gasteiger partial charge in [0.05, 0.1) is 17.6 Å². The van der Waals surface area contributed by atoms with Gasteiger partial charge in [0, 0.05) is 5.56 Å². The number of hydrogen-bond donors (Lipinski definition) is 0. The van der Waals surface area contributed by atoms with Crippen molar-refractivity contribution in [3.63, 3.8) is 0 Å². The summed E-state index contributed by atoms with van der Waals surface area (Å²) in [4.78, 5) is 10.5. The van der Waals surface area contributed by atoms with Gasteiger partial charge in [0.1, 0.15) is 5.75 Å². The maximum Gasteiger partial charge on any atom is 0.138 e. The van der Waals surface area contributed by atoms with E-state index in [0.29, 0.717) is 17.4 Å². The van der Waals surface area contributed by atoms with Crippen LogP contribution in [0, 0.1) is 0 Å². The van der Waals surface area contributed by atoms with E-state index < -0.39 is 5.97 Å². The number of carboxylic acids is 1. The van der Waals surface area contributed by atoms with Gasteiger partial charge in [-0.3, -0.25) is 0 Å². The van der Waals surface area contributed by atoms with Gasteiger partial charge in [-0.05, 0) is 19.1 Å². The third-order valence-corrected chi connectivity index (χ3v) is 1.78. The van der Waals surface area contributed by atoms with E-state index in [1.54, 1.807) is 6.92 Å². The lowest BCUT2D eigenvalue weighted by molar-refractivity contribution is -0.255. The van der Waals surface area contributed by atoms with Crippen LogP contribution in [0.15, 0.2) is 18.2 Å². The maximum atomic E-state index is 10.5. The maximum absolute atomic E-state index is 10.5. The number of rotatable bonds is 3. The second-order valence-corrected chi connectivity index (χ2v) is 2.77. The quantitative estimate of drug-likeness (QED) is 0.733. The Balaban J connectivity index is 3.03. The number of ether oxygens (including phenoxy) is 1. The lowest BCUT2D eigenvalue weighted by Crippen LogP contribution is -2.22. The van der Waals surface area contributed by atoms with Crippen molar-refractivity contribution in [1.82, 2.24) is 0 Å². The van der Waals surface area contributed by atoms with E-state index in [2.05, 4.69) is 0 Å². The van der Waals surface area contributed by atoms with Gasteiger partial charge in [0.2, 0.25) is 0 Å². The molecule has 0 radical (unpaired) electrons. The highest BCUT2D eigenvalue weighted by Gasteiger charge is 2.02. The molecule has 13 heavy (non-hydrogen) atoms. The standard InChI is InChI=1S/C9H9ClO3/c1-2-13-8-5-6(9(11)12)3-4-7(8)10/h3-5H,2H2,1H3,(H,11,12)/p-1. The van der Waals surface area contributed by atoms with Gasteiger partial charge < -0.3 is 14.6 Å². The van der Waals surface area contributed by atoms with Gasteiger partial charge >= 0.3 is 0 Å². The van der Waals surface area contributed by atoms with E-state index in [1.807, 2.05) is 0 Å². The molecule has 0 saturated heterocycles. The Bertz CT molecular complexity index is 323. The predicted molar refractivity (Wildman–Crippen MR) is 47.0 cm³/mol. The number of hydrogen-bond acceptors (Lipinski definition) is 3. The molecular weight excluding hydrogens is 192 g/mol. The highest BCUT2D eigenvalue weighted by Crippen LogP contribution is 2.25. The summed E-state index contributed by atoms with van der Waals surface area (Å²) in [5.41, 5.74) is 0.0628. The van der Waals surface area contributed by atoms with E-state index in [4.69, 9.17) is 16.3 Å². The molecule has 0 bridgehead atoms. The molecule has 4 heteroatoms. The summed E-state index contributed by atoms with van der Waals surface area (Å²) in [5.74, 6) is -0.872. The third kappa shape index (κ3) is 2.36.